The maximum absolute atomic E-state index is 11.4. The van der Waals surface area contributed by atoms with Crippen molar-refractivity contribution in [2.75, 3.05) is 19.8 Å². The molecule has 0 rings (SSSR count). The van der Waals surface area contributed by atoms with Crippen LogP contribution < -0.4 is 28.7 Å². The molecule has 168 valence electrons. The quantitative estimate of drug-likeness (QED) is 0.136. The smallest absolute Gasteiger partial charge is 0.326 e. The van der Waals surface area contributed by atoms with Gasteiger partial charge in [0.1, 0.15) is 37.4 Å². The third-order valence-corrected chi connectivity index (χ3v) is 2.95. The molecule has 0 heterocycles. The molecule has 0 unspecified atom stereocenters. The molecule has 0 bridgehead atoms. The van der Waals surface area contributed by atoms with Gasteiger partial charge in [0.05, 0.1) is 6.61 Å². The van der Waals surface area contributed by atoms with Gasteiger partial charge in [-0.15, -0.1) is 0 Å². The Morgan fingerprint density at radius 2 is 1.14 bits per heavy atom. The van der Waals surface area contributed by atoms with Crippen molar-refractivity contribution in [3.05, 3.63) is 0 Å². The predicted octanol–water partition coefficient (Wildman–Crippen LogP) is -5.20. The van der Waals surface area contributed by atoms with Crippen molar-refractivity contribution in [2.24, 2.45) is 28.7 Å². The molecule has 15 heteroatoms. The number of aliphatic carboxylic acids is 2. The van der Waals surface area contributed by atoms with Crippen LogP contribution in [0.3, 0.4) is 0 Å². The second kappa shape index (κ2) is 15.1. The van der Waals surface area contributed by atoms with E-state index >= 15 is 0 Å². The molecular formula is C14H27N5O10. The summed E-state index contributed by atoms with van der Waals surface area (Å²) in [6, 6.07) is -4.88. The first-order valence-electron chi connectivity index (χ1n) is 8.03. The van der Waals surface area contributed by atoms with E-state index in [0.29, 0.717) is 0 Å². The van der Waals surface area contributed by atoms with E-state index in [-0.39, 0.29) is 12.8 Å². The standard InChI is InChI=1S/C11H20N4O7.C3H7NO3/c12-5(1-2-8(15)16)10(19)22-4-7(14)11(20)21-3-6(13)9(17)18;4-2(1-5)3(6)7/h5-7H,1-4,12-14H2,(H2,15,16)(H,17,18);2,5H,1,4H2,(H,6,7)/t5-,6-,7-;2-/m00/s1. The number of aliphatic hydroxyl groups excluding tert-OH is 1. The number of aliphatic hydroxyl groups is 1. The first kappa shape index (κ1) is 28.4. The van der Waals surface area contributed by atoms with Crippen LogP contribution in [-0.2, 0) is 33.4 Å². The third kappa shape index (κ3) is 14.8. The van der Waals surface area contributed by atoms with Gasteiger partial charge >= 0.3 is 23.9 Å². The number of hydrogen-bond acceptors (Lipinski definition) is 12. The Morgan fingerprint density at radius 3 is 1.48 bits per heavy atom. The van der Waals surface area contributed by atoms with E-state index in [1.807, 2.05) is 0 Å². The van der Waals surface area contributed by atoms with E-state index in [9.17, 15) is 24.0 Å². The van der Waals surface area contributed by atoms with Crippen LogP contribution in [0.5, 0.6) is 0 Å². The molecule has 0 aromatic carbocycles. The Balaban J connectivity index is 0. The van der Waals surface area contributed by atoms with Crippen molar-refractivity contribution in [1.29, 1.82) is 0 Å². The molecule has 0 aliphatic heterocycles. The normalized spacial score (nSPS) is 14.2. The van der Waals surface area contributed by atoms with Gasteiger partial charge in [0.25, 0.3) is 0 Å². The number of ether oxygens (including phenoxy) is 2. The second-order valence-electron chi connectivity index (χ2n) is 5.55. The van der Waals surface area contributed by atoms with E-state index < -0.39 is 73.8 Å². The summed E-state index contributed by atoms with van der Waals surface area (Å²) in [5.41, 5.74) is 25.6. The minimum Gasteiger partial charge on any atom is -0.480 e. The predicted molar refractivity (Wildman–Crippen MR) is 94.6 cm³/mol. The van der Waals surface area contributed by atoms with Gasteiger partial charge in [-0.05, 0) is 6.42 Å². The summed E-state index contributed by atoms with van der Waals surface area (Å²) >= 11 is 0. The first-order valence-corrected chi connectivity index (χ1v) is 8.03. The third-order valence-electron chi connectivity index (χ3n) is 2.95. The molecule has 0 aromatic rings. The highest BCUT2D eigenvalue weighted by Crippen LogP contribution is 1.98. The first-order chi connectivity index (χ1) is 13.3. The molecule has 0 aliphatic carbocycles. The summed E-state index contributed by atoms with van der Waals surface area (Å²) in [6.07, 6.45) is -0.0846. The number of carbonyl (C=O) groups is 5. The zero-order valence-electron chi connectivity index (χ0n) is 15.4. The Morgan fingerprint density at radius 1 is 0.724 bits per heavy atom. The highest BCUT2D eigenvalue weighted by atomic mass is 16.6. The lowest BCUT2D eigenvalue weighted by molar-refractivity contribution is -0.153. The van der Waals surface area contributed by atoms with Crippen LogP contribution >= 0.6 is 0 Å². The number of rotatable bonds is 12. The number of hydrogen-bond donors (Lipinski definition) is 8. The fourth-order valence-electron chi connectivity index (χ4n) is 1.19. The van der Waals surface area contributed by atoms with Gasteiger partial charge in [0.2, 0.25) is 5.91 Å². The van der Waals surface area contributed by atoms with Crippen LogP contribution in [0.1, 0.15) is 12.8 Å². The molecule has 0 saturated heterocycles. The number of nitrogens with two attached hydrogens (primary N) is 5. The van der Waals surface area contributed by atoms with Gasteiger partial charge in [-0.25, -0.2) is 0 Å². The highest BCUT2D eigenvalue weighted by Gasteiger charge is 2.22. The number of carboxylic acids is 2. The largest absolute Gasteiger partial charge is 0.480 e. The van der Waals surface area contributed by atoms with Crippen LogP contribution in [0.25, 0.3) is 0 Å². The van der Waals surface area contributed by atoms with E-state index in [4.69, 9.17) is 44.0 Å². The van der Waals surface area contributed by atoms with Gasteiger partial charge < -0.3 is 53.5 Å². The van der Waals surface area contributed by atoms with Gasteiger partial charge in [0.15, 0.2) is 0 Å². The van der Waals surface area contributed by atoms with Gasteiger partial charge in [-0.3, -0.25) is 24.0 Å². The summed E-state index contributed by atoms with van der Waals surface area (Å²) < 4.78 is 9.23. The lowest BCUT2D eigenvalue weighted by Gasteiger charge is -2.15. The fraction of sp³-hybridized carbons (Fsp3) is 0.643. The van der Waals surface area contributed by atoms with Crippen LogP contribution in [0.4, 0.5) is 0 Å². The maximum atomic E-state index is 11.4. The summed E-state index contributed by atoms with van der Waals surface area (Å²) in [4.78, 5) is 53.4. The van der Waals surface area contributed by atoms with Gasteiger partial charge in [-0.2, -0.15) is 0 Å². The molecule has 13 N–H and O–H groups in total. The van der Waals surface area contributed by atoms with Crippen LogP contribution in [0.15, 0.2) is 0 Å². The van der Waals surface area contributed by atoms with E-state index in [1.54, 1.807) is 0 Å². The number of carboxylic acid groups (broad SMARTS) is 2. The highest BCUT2D eigenvalue weighted by molar-refractivity contribution is 5.80. The minimum atomic E-state index is -1.37. The molecule has 0 aliphatic rings. The zero-order valence-corrected chi connectivity index (χ0v) is 15.4. The number of amides is 1. The fourth-order valence-corrected chi connectivity index (χ4v) is 1.19. The molecule has 0 spiro atoms. The summed E-state index contributed by atoms with van der Waals surface area (Å²) in [7, 11) is 0. The Bertz CT molecular complexity index is 573. The molecule has 29 heavy (non-hydrogen) atoms. The summed E-state index contributed by atoms with van der Waals surface area (Å²) in [5.74, 6) is -4.96. The van der Waals surface area contributed by atoms with Crippen molar-refractivity contribution in [3.63, 3.8) is 0 Å². The maximum Gasteiger partial charge on any atom is 0.326 e. The Labute approximate surface area is 165 Å². The molecule has 0 aromatic heterocycles. The lowest BCUT2D eigenvalue weighted by atomic mass is 10.1. The van der Waals surface area contributed by atoms with Crippen molar-refractivity contribution in [1.82, 2.24) is 0 Å². The Kier molecular flexibility index (Phi) is 14.8. The lowest BCUT2D eigenvalue weighted by Crippen LogP contribution is -2.43. The van der Waals surface area contributed by atoms with Crippen LogP contribution in [0.2, 0.25) is 0 Å². The molecule has 0 fully saturated rings. The number of primary amides is 1. The summed E-state index contributed by atoms with van der Waals surface area (Å²) in [6.45, 7) is -1.58. The molecular weight excluding hydrogens is 398 g/mol. The van der Waals surface area contributed by atoms with Crippen molar-refractivity contribution >= 4 is 29.8 Å². The molecule has 1 amide bonds. The van der Waals surface area contributed by atoms with Crippen molar-refractivity contribution in [3.8, 4) is 0 Å². The van der Waals surface area contributed by atoms with Crippen LogP contribution in [-0.4, -0.2) is 89.1 Å². The van der Waals surface area contributed by atoms with Crippen molar-refractivity contribution < 1.29 is 48.8 Å². The average Bonchev–Trinajstić information content (AvgIpc) is 2.66. The molecule has 0 radical (unpaired) electrons. The molecule has 15 nitrogen and oxygen atoms in total. The SMILES string of the molecule is NC(=O)CC[C@H](N)C(=O)OC[C@H](N)C(=O)OC[C@H](N)C(=O)O.N[C@@H](CO)C(=O)O. The zero-order chi connectivity index (χ0) is 23.1. The number of esters is 2. The van der Waals surface area contributed by atoms with E-state index in [0.717, 1.165) is 0 Å². The average molecular weight is 425 g/mol. The van der Waals surface area contributed by atoms with E-state index in [1.165, 1.54) is 0 Å². The Hall–Kier alpha value is -2.85. The second-order valence-corrected chi connectivity index (χ2v) is 5.55. The summed E-state index contributed by atoms with van der Waals surface area (Å²) in [5, 5.41) is 24.4. The molecule has 4 atom stereocenters. The topological polar surface area (TPSA) is 295 Å². The van der Waals surface area contributed by atoms with Gasteiger partial charge in [-0.1, -0.05) is 0 Å². The van der Waals surface area contributed by atoms with Gasteiger partial charge in [0, 0.05) is 6.42 Å². The number of carbonyl (C=O) groups excluding carboxylic acids is 3. The van der Waals surface area contributed by atoms with Crippen molar-refractivity contribution in [2.45, 2.75) is 37.0 Å². The molecule has 0 saturated carbocycles. The monoisotopic (exact) mass is 425 g/mol. The van der Waals surface area contributed by atoms with E-state index in [2.05, 4.69) is 9.47 Å². The minimum absolute atomic E-state index is 0.00131. The van der Waals surface area contributed by atoms with Crippen LogP contribution in [0, 0.1) is 0 Å².